The lowest BCUT2D eigenvalue weighted by Gasteiger charge is -2.09. The lowest BCUT2D eigenvalue weighted by Crippen LogP contribution is -2.08. The number of furan rings is 1. The summed E-state index contributed by atoms with van der Waals surface area (Å²) in [6.07, 6.45) is 0. The van der Waals surface area contributed by atoms with Crippen molar-refractivity contribution in [3.8, 4) is 0 Å². The van der Waals surface area contributed by atoms with Crippen LogP contribution in [0.3, 0.4) is 0 Å². The summed E-state index contributed by atoms with van der Waals surface area (Å²) in [6, 6.07) is 9.48. The van der Waals surface area contributed by atoms with Crippen molar-refractivity contribution in [1.82, 2.24) is 0 Å². The van der Waals surface area contributed by atoms with Crippen LogP contribution in [0.15, 0.2) is 34.7 Å². The quantitative estimate of drug-likeness (QED) is 0.778. The van der Waals surface area contributed by atoms with Crippen molar-refractivity contribution in [3.05, 3.63) is 36.1 Å². The van der Waals surface area contributed by atoms with Crippen molar-refractivity contribution in [2.24, 2.45) is 0 Å². The number of rotatable bonds is 1. The predicted molar refractivity (Wildman–Crippen MR) is 54.7 cm³/mol. The van der Waals surface area contributed by atoms with Crippen molar-refractivity contribution in [3.63, 3.8) is 0 Å². The first-order valence-corrected chi connectivity index (χ1v) is 4.77. The van der Waals surface area contributed by atoms with Crippen LogP contribution in [0.1, 0.15) is 12.7 Å². The predicted octanol–water partition coefficient (Wildman–Crippen LogP) is 2.99. The average molecular weight is 241 g/mol. The summed E-state index contributed by atoms with van der Waals surface area (Å²) in [5.74, 6) is 0.522. The van der Waals surface area contributed by atoms with E-state index in [0.29, 0.717) is 5.76 Å². The molecular weight excluding hydrogens is 232 g/mol. The van der Waals surface area contributed by atoms with Gasteiger partial charge in [-0.15, -0.1) is 0 Å². The van der Waals surface area contributed by atoms with E-state index in [1.807, 2.05) is 30.3 Å². The van der Waals surface area contributed by atoms with Gasteiger partial charge >= 0.3 is 0 Å². The van der Waals surface area contributed by atoms with Gasteiger partial charge in [-0.05, 0) is 35.0 Å². The molecule has 0 fully saturated rings. The number of halogens is 1. The van der Waals surface area contributed by atoms with E-state index in [0.717, 1.165) is 11.0 Å². The Morgan fingerprint density at radius 1 is 1.38 bits per heavy atom. The SMILES string of the molecule is CC(O)(Br)c1cc2ccccc2o1. The highest BCUT2D eigenvalue weighted by Crippen LogP contribution is 2.31. The van der Waals surface area contributed by atoms with Crippen LogP contribution in [0.25, 0.3) is 11.0 Å². The molecule has 13 heavy (non-hydrogen) atoms. The summed E-state index contributed by atoms with van der Waals surface area (Å²) >= 11 is 3.13. The molecule has 68 valence electrons. The zero-order valence-electron chi connectivity index (χ0n) is 7.12. The van der Waals surface area contributed by atoms with Crippen LogP contribution in [0.2, 0.25) is 0 Å². The van der Waals surface area contributed by atoms with Crippen molar-refractivity contribution in [1.29, 1.82) is 0 Å². The van der Waals surface area contributed by atoms with E-state index in [9.17, 15) is 5.11 Å². The molecule has 0 saturated heterocycles. The van der Waals surface area contributed by atoms with Gasteiger partial charge in [-0.1, -0.05) is 18.2 Å². The minimum atomic E-state index is -1.09. The van der Waals surface area contributed by atoms with E-state index in [1.165, 1.54) is 0 Å². The second-order valence-electron chi connectivity index (χ2n) is 3.10. The molecule has 0 saturated carbocycles. The number of hydrogen-bond donors (Lipinski definition) is 1. The first-order valence-electron chi connectivity index (χ1n) is 3.98. The minimum Gasteiger partial charge on any atom is -0.457 e. The van der Waals surface area contributed by atoms with Gasteiger partial charge in [0.1, 0.15) is 11.3 Å². The molecule has 0 aliphatic heterocycles. The summed E-state index contributed by atoms with van der Waals surface area (Å²) in [6.45, 7) is 1.63. The highest BCUT2D eigenvalue weighted by molar-refractivity contribution is 9.09. The first-order chi connectivity index (χ1) is 6.07. The summed E-state index contributed by atoms with van der Waals surface area (Å²) in [4.78, 5) is 0. The molecule has 0 amide bonds. The molecule has 1 N–H and O–H groups in total. The lowest BCUT2D eigenvalue weighted by atomic mass is 10.2. The molecule has 2 nitrogen and oxygen atoms in total. The lowest BCUT2D eigenvalue weighted by molar-refractivity contribution is 0.141. The van der Waals surface area contributed by atoms with E-state index < -0.39 is 4.51 Å². The van der Waals surface area contributed by atoms with E-state index in [1.54, 1.807) is 6.92 Å². The van der Waals surface area contributed by atoms with E-state index in [4.69, 9.17) is 4.42 Å². The Hall–Kier alpha value is -0.800. The molecule has 0 aliphatic carbocycles. The molecular formula is C10H9BrO2. The van der Waals surface area contributed by atoms with Gasteiger partial charge in [-0.3, -0.25) is 0 Å². The van der Waals surface area contributed by atoms with Gasteiger partial charge in [0.15, 0.2) is 4.51 Å². The largest absolute Gasteiger partial charge is 0.457 e. The van der Waals surface area contributed by atoms with Gasteiger partial charge in [0.25, 0.3) is 0 Å². The Bertz CT molecular complexity index is 393. The normalized spacial score (nSPS) is 15.9. The fraction of sp³-hybridized carbons (Fsp3) is 0.200. The summed E-state index contributed by atoms with van der Waals surface area (Å²) in [5, 5.41) is 10.6. The molecule has 1 aromatic carbocycles. The molecule has 1 aromatic heterocycles. The zero-order chi connectivity index (χ0) is 9.47. The molecule has 1 heterocycles. The average Bonchev–Trinajstić information content (AvgIpc) is 2.45. The fourth-order valence-electron chi connectivity index (χ4n) is 1.21. The van der Waals surface area contributed by atoms with Gasteiger partial charge < -0.3 is 9.52 Å². The number of benzene rings is 1. The third kappa shape index (κ3) is 1.62. The topological polar surface area (TPSA) is 33.4 Å². The zero-order valence-corrected chi connectivity index (χ0v) is 8.71. The molecule has 0 radical (unpaired) electrons. The molecule has 1 atom stereocenters. The molecule has 1 unspecified atom stereocenters. The number of aliphatic hydroxyl groups is 1. The smallest absolute Gasteiger partial charge is 0.174 e. The van der Waals surface area contributed by atoms with E-state index >= 15 is 0 Å². The Kier molecular flexibility index (Phi) is 1.93. The van der Waals surface area contributed by atoms with Gasteiger partial charge in [0, 0.05) is 5.39 Å². The van der Waals surface area contributed by atoms with Crippen LogP contribution >= 0.6 is 15.9 Å². The van der Waals surface area contributed by atoms with Crippen molar-refractivity contribution >= 4 is 26.9 Å². The number of hydrogen-bond acceptors (Lipinski definition) is 2. The maximum Gasteiger partial charge on any atom is 0.174 e. The summed E-state index contributed by atoms with van der Waals surface area (Å²) < 4.78 is 4.34. The van der Waals surface area contributed by atoms with Crippen molar-refractivity contribution in [2.75, 3.05) is 0 Å². The van der Waals surface area contributed by atoms with Gasteiger partial charge in [-0.2, -0.15) is 0 Å². The molecule has 0 aliphatic rings. The Morgan fingerprint density at radius 3 is 2.69 bits per heavy atom. The van der Waals surface area contributed by atoms with Crippen LogP contribution in [-0.2, 0) is 4.51 Å². The summed E-state index contributed by atoms with van der Waals surface area (Å²) in [5.41, 5.74) is 0.789. The summed E-state index contributed by atoms with van der Waals surface area (Å²) in [7, 11) is 0. The number of alkyl halides is 1. The third-order valence-electron chi connectivity index (χ3n) is 1.88. The monoisotopic (exact) mass is 240 g/mol. The highest BCUT2D eigenvalue weighted by Gasteiger charge is 2.22. The first kappa shape index (κ1) is 8.78. The van der Waals surface area contributed by atoms with Gasteiger partial charge in [-0.25, -0.2) is 0 Å². The molecule has 2 rings (SSSR count). The molecule has 3 heteroatoms. The van der Waals surface area contributed by atoms with Gasteiger partial charge in [0.2, 0.25) is 0 Å². The van der Waals surface area contributed by atoms with Crippen molar-refractivity contribution in [2.45, 2.75) is 11.4 Å². The van der Waals surface area contributed by atoms with Gasteiger partial charge in [0.05, 0.1) is 0 Å². The van der Waals surface area contributed by atoms with Crippen LogP contribution in [0.5, 0.6) is 0 Å². The minimum absolute atomic E-state index is 0.522. The second kappa shape index (κ2) is 2.86. The standard InChI is InChI=1S/C10H9BrO2/c1-10(11,12)9-6-7-4-2-3-5-8(7)13-9/h2-6,12H,1H3. The maximum atomic E-state index is 9.61. The number of fused-ring (bicyclic) bond motifs is 1. The second-order valence-corrected chi connectivity index (χ2v) is 4.65. The number of para-hydroxylation sites is 1. The molecule has 0 spiro atoms. The van der Waals surface area contributed by atoms with Crippen LogP contribution in [0.4, 0.5) is 0 Å². The maximum absolute atomic E-state index is 9.61. The highest BCUT2D eigenvalue weighted by atomic mass is 79.9. The Labute approximate surface area is 84.3 Å². The third-order valence-corrected chi connectivity index (χ3v) is 2.27. The van der Waals surface area contributed by atoms with Crippen LogP contribution in [0, 0.1) is 0 Å². The molecule has 2 aromatic rings. The molecule has 0 bridgehead atoms. The fourth-order valence-corrected chi connectivity index (χ4v) is 1.40. The van der Waals surface area contributed by atoms with E-state index in [2.05, 4.69) is 15.9 Å². The van der Waals surface area contributed by atoms with Crippen molar-refractivity contribution < 1.29 is 9.52 Å². The van der Waals surface area contributed by atoms with Crippen LogP contribution in [-0.4, -0.2) is 5.11 Å². The van der Waals surface area contributed by atoms with Crippen LogP contribution < -0.4 is 0 Å². The Morgan fingerprint density at radius 2 is 2.08 bits per heavy atom. The van der Waals surface area contributed by atoms with E-state index in [-0.39, 0.29) is 0 Å². The Balaban J connectivity index is 2.63.